The zero-order chi connectivity index (χ0) is 30.2. The summed E-state index contributed by atoms with van der Waals surface area (Å²) in [6.07, 6.45) is 0.433. The van der Waals surface area contributed by atoms with Crippen molar-refractivity contribution in [3.05, 3.63) is 54.1 Å². The minimum absolute atomic E-state index is 0.00534. The molecule has 0 aromatic heterocycles. The molecule has 2 fully saturated rings. The van der Waals surface area contributed by atoms with Crippen molar-refractivity contribution in [1.82, 2.24) is 4.90 Å². The average Bonchev–Trinajstić information content (AvgIpc) is 3.36. The van der Waals surface area contributed by atoms with Crippen LogP contribution in [0.4, 0.5) is 21.0 Å². The van der Waals surface area contributed by atoms with Gasteiger partial charge in [-0.05, 0) is 37.6 Å². The van der Waals surface area contributed by atoms with E-state index in [0.717, 1.165) is 9.80 Å². The fourth-order valence-electron chi connectivity index (χ4n) is 6.54. The Labute approximate surface area is 242 Å². The van der Waals surface area contributed by atoms with E-state index in [1.165, 1.54) is 25.3 Å². The first kappa shape index (κ1) is 28.9. The summed E-state index contributed by atoms with van der Waals surface area (Å²) in [5.41, 5.74) is -3.14. The third-order valence-corrected chi connectivity index (χ3v) is 7.91. The van der Waals surface area contributed by atoms with E-state index in [1.54, 1.807) is 62.4 Å². The summed E-state index contributed by atoms with van der Waals surface area (Å²) in [6, 6.07) is 11.5. The SMILES string of the molecule is CCOC(=O)C[C@]1(O)[C@@H](C(=O)OCC)[C@@H]2c3ccc(OC)cc3N3C(=O)N(c4ccccc4)C(=O)N1[C@]23C/C=N/OC. The number of carbonyl (C=O) groups is 4. The number of benzene rings is 2. The lowest BCUT2D eigenvalue weighted by Gasteiger charge is -2.53. The molecule has 3 heterocycles. The molecular formula is C29H32N4O9. The van der Waals surface area contributed by atoms with E-state index in [-0.39, 0.29) is 25.3 Å². The van der Waals surface area contributed by atoms with Crippen molar-refractivity contribution >= 4 is 41.6 Å². The lowest BCUT2D eigenvalue weighted by molar-refractivity contribution is -0.175. The molecule has 5 rings (SSSR count). The van der Waals surface area contributed by atoms with Crippen LogP contribution in [0.5, 0.6) is 5.75 Å². The highest BCUT2D eigenvalue weighted by Crippen LogP contribution is 2.66. The first-order valence-corrected chi connectivity index (χ1v) is 13.5. The summed E-state index contributed by atoms with van der Waals surface area (Å²) in [5, 5.41) is 16.4. The molecule has 0 bridgehead atoms. The van der Waals surface area contributed by atoms with Crippen LogP contribution in [-0.4, -0.2) is 79.0 Å². The van der Waals surface area contributed by atoms with Crippen LogP contribution in [-0.2, 0) is 23.9 Å². The molecule has 3 aliphatic rings. The number of ether oxygens (including phenoxy) is 3. The second-order valence-electron chi connectivity index (χ2n) is 9.95. The Balaban J connectivity index is 1.86. The van der Waals surface area contributed by atoms with Crippen LogP contribution in [0.2, 0.25) is 0 Å². The zero-order valence-electron chi connectivity index (χ0n) is 23.7. The molecular weight excluding hydrogens is 548 g/mol. The predicted molar refractivity (Wildman–Crippen MR) is 149 cm³/mol. The number of esters is 2. The van der Waals surface area contributed by atoms with Crippen LogP contribution >= 0.6 is 0 Å². The van der Waals surface area contributed by atoms with Gasteiger partial charge in [0.05, 0.1) is 38.1 Å². The second-order valence-corrected chi connectivity index (χ2v) is 9.95. The number of methoxy groups -OCH3 is 1. The number of aliphatic hydroxyl groups is 1. The van der Waals surface area contributed by atoms with Gasteiger partial charge in [-0.3, -0.25) is 19.4 Å². The number of hydrogen-bond donors (Lipinski definition) is 1. The summed E-state index contributed by atoms with van der Waals surface area (Å²) in [5.74, 6) is -3.80. The van der Waals surface area contributed by atoms with Gasteiger partial charge in [-0.15, -0.1) is 0 Å². The average molecular weight is 581 g/mol. The Morgan fingerprint density at radius 1 is 1.02 bits per heavy atom. The lowest BCUT2D eigenvalue weighted by Crippen LogP contribution is -2.75. The third kappa shape index (κ3) is 4.06. The number of rotatable bonds is 10. The molecule has 3 aliphatic heterocycles. The van der Waals surface area contributed by atoms with E-state index >= 15 is 0 Å². The molecule has 0 spiro atoms. The van der Waals surface area contributed by atoms with Gasteiger partial charge in [0.2, 0.25) is 0 Å². The van der Waals surface area contributed by atoms with Crippen LogP contribution in [0, 0.1) is 5.92 Å². The summed E-state index contributed by atoms with van der Waals surface area (Å²) in [6.45, 7) is 3.19. The fraction of sp³-hybridized carbons (Fsp3) is 0.414. The van der Waals surface area contributed by atoms with Gasteiger partial charge in [-0.25, -0.2) is 14.5 Å². The van der Waals surface area contributed by atoms with Gasteiger partial charge in [0.25, 0.3) is 0 Å². The van der Waals surface area contributed by atoms with Gasteiger partial charge in [-0.2, -0.15) is 0 Å². The Bertz CT molecular complexity index is 1430. The molecule has 222 valence electrons. The van der Waals surface area contributed by atoms with Gasteiger partial charge >= 0.3 is 24.0 Å². The smallest absolute Gasteiger partial charge is 0.339 e. The van der Waals surface area contributed by atoms with Crippen molar-refractivity contribution in [2.24, 2.45) is 11.1 Å². The Kier molecular flexibility index (Phi) is 7.54. The van der Waals surface area contributed by atoms with Crippen molar-refractivity contribution in [2.75, 3.05) is 37.2 Å². The largest absolute Gasteiger partial charge is 0.497 e. The van der Waals surface area contributed by atoms with Crippen molar-refractivity contribution in [3.63, 3.8) is 0 Å². The first-order valence-electron chi connectivity index (χ1n) is 13.5. The topological polar surface area (TPSA) is 148 Å². The number of hydrogen-bond acceptors (Lipinski definition) is 10. The highest BCUT2D eigenvalue weighted by molar-refractivity contribution is 6.23. The molecule has 0 saturated carbocycles. The van der Waals surface area contributed by atoms with Crippen molar-refractivity contribution in [1.29, 1.82) is 0 Å². The number of urea groups is 2. The van der Waals surface area contributed by atoms with Gasteiger partial charge in [0.1, 0.15) is 24.4 Å². The number of carbonyl (C=O) groups excluding carboxylic acids is 4. The molecule has 42 heavy (non-hydrogen) atoms. The standard InChI is InChI=1S/C29H32N4O9/c1-5-41-22(34)17-29(38)24(25(35)42-6-2)23-20-13-12-19(39-3)16-21(20)32-26(36)31(18-10-8-7-9-11-18)27(37)33(29)28(23,32)14-15-30-40-4/h7-13,15-16,23-24,38H,5-6,14,17H2,1-4H3/b30-15+/t23-,24+,28+,29-/m0/s1. The van der Waals surface area contributed by atoms with Gasteiger partial charge in [0.15, 0.2) is 5.72 Å². The Hall–Kier alpha value is -4.65. The molecule has 2 saturated heterocycles. The summed E-state index contributed by atoms with van der Waals surface area (Å²) in [7, 11) is 2.81. The highest BCUT2D eigenvalue weighted by atomic mass is 16.6. The molecule has 2 aromatic carbocycles. The van der Waals surface area contributed by atoms with Gasteiger partial charge in [0, 0.05) is 24.6 Å². The maximum absolute atomic E-state index is 14.6. The van der Waals surface area contributed by atoms with Crippen molar-refractivity contribution in [2.45, 2.75) is 44.0 Å². The lowest BCUT2D eigenvalue weighted by atomic mass is 9.77. The zero-order valence-corrected chi connectivity index (χ0v) is 23.7. The molecule has 2 aromatic rings. The normalized spacial score (nSPS) is 25.9. The van der Waals surface area contributed by atoms with Gasteiger partial charge in [-0.1, -0.05) is 29.4 Å². The molecule has 0 unspecified atom stereocenters. The molecule has 4 atom stereocenters. The summed E-state index contributed by atoms with van der Waals surface area (Å²) < 4.78 is 16.1. The first-order chi connectivity index (χ1) is 20.2. The highest BCUT2D eigenvalue weighted by Gasteiger charge is 2.79. The number of fused-ring (bicyclic) bond motifs is 3. The molecule has 0 aliphatic carbocycles. The minimum atomic E-state index is -2.47. The van der Waals surface area contributed by atoms with E-state index in [0.29, 0.717) is 17.0 Å². The van der Waals surface area contributed by atoms with E-state index in [4.69, 9.17) is 19.0 Å². The predicted octanol–water partition coefficient (Wildman–Crippen LogP) is 3.21. The number of oxime groups is 1. The van der Waals surface area contributed by atoms with E-state index in [9.17, 15) is 24.3 Å². The Morgan fingerprint density at radius 2 is 1.74 bits per heavy atom. The van der Waals surface area contributed by atoms with Crippen LogP contribution < -0.4 is 14.5 Å². The molecule has 4 amide bonds. The molecule has 13 nitrogen and oxygen atoms in total. The fourth-order valence-corrected chi connectivity index (χ4v) is 6.54. The number of para-hydroxylation sites is 1. The van der Waals surface area contributed by atoms with E-state index in [2.05, 4.69) is 5.16 Å². The number of imide groups is 1. The number of anilines is 2. The van der Waals surface area contributed by atoms with Crippen LogP contribution in [0.1, 0.15) is 38.2 Å². The maximum Gasteiger partial charge on any atom is 0.339 e. The Morgan fingerprint density at radius 3 is 2.38 bits per heavy atom. The van der Waals surface area contributed by atoms with Crippen molar-refractivity contribution in [3.8, 4) is 5.75 Å². The van der Waals surface area contributed by atoms with Crippen LogP contribution in [0.25, 0.3) is 0 Å². The second kappa shape index (κ2) is 11.0. The van der Waals surface area contributed by atoms with Crippen molar-refractivity contribution < 1.29 is 43.3 Å². The third-order valence-electron chi connectivity index (χ3n) is 7.91. The van der Waals surface area contributed by atoms with E-state index in [1.807, 2.05) is 0 Å². The summed E-state index contributed by atoms with van der Waals surface area (Å²) >= 11 is 0. The molecule has 0 radical (unpaired) electrons. The van der Waals surface area contributed by atoms with Crippen LogP contribution in [0.3, 0.4) is 0 Å². The number of amides is 4. The minimum Gasteiger partial charge on any atom is -0.497 e. The van der Waals surface area contributed by atoms with E-state index < -0.39 is 53.6 Å². The monoisotopic (exact) mass is 580 g/mol. The number of nitrogens with zero attached hydrogens (tertiary/aromatic N) is 4. The maximum atomic E-state index is 14.6. The molecule has 1 N–H and O–H groups in total. The van der Waals surface area contributed by atoms with Gasteiger partial charge < -0.3 is 24.2 Å². The molecule has 13 heteroatoms. The summed E-state index contributed by atoms with van der Waals surface area (Å²) in [4.78, 5) is 64.0. The quantitative estimate of drug-likeness (QED) is 0.254. The van der Waals surface area contributed by atoms with Crippen LogP contribution in [0.15, 0.2) is 53.7 Å².